The maximum Gasteiger partial charge on any atom is 0.00966 e. The molecule has 0 bridgehead atoms. The van der Waals surface area contributed by atoms with E-state index in [1.807, 2.05) is 0 Å². The smallest absolute Gasteiger partial charge is 0.00966 e. The van der Waals surface area contributed by atoms with Crippen LogP contribution in [0.25, 0.3) is 0 Å². The number of hydrogen-bond acceptors (Lipinski definition) is 1. The van der Waals surface area contributed by atoms with Crippen LogP contribution in [0.2, 0.25) is 0 Å². The number of allylic oxidation sites excluding steroid dienone is 1. The first-order chi connectivity index (χ1) is 4.72. The molecule has 0 rings (SSSR count). The molecule has 0 aliphatic heterocycles. The highest BCUT2D eigenvalue weighted by atomic mass is 14.6. The van der Waals surface area contributed by atoms with Gasteiger partial charge in [-0.25, -0.2) is 0 Å². The van der Waals surface area contributed by atoms with Crippen molar-refractivity contribution in [2.24, 2.45) is 11.7 Å². The Morgan fingerprint density at radius 1 is 1.40 bits per heavy atom. The van der Waals surface area contributed by atoms with Crippen molar-refractivity contribution in [3.05, 3.63) is 12.2 Å². The largest absolute Gasteiger partial charge is 0.327 e. The van der Waals surface area contributed by atoms with E-state index in [4.69, 9.17) is 5.73 Å². The Hall–Kier alpha value is -0.300. The summed E-state index contributed by atoms with van der Waals surface area (Å²) in [5.41, 5.74) is 5.81. The van der Waals surface area contributed by atoms with E-state index in [1.54, 1.807) is 0 Å². The van der Waals surface area contributed by atoms with Gasteiger partial charge in [0.05, 0.1) is 0 Å². The molecule has 0 saturated carbocycles. The minimum Gasteiger partial charge on any atom is -0.327 e. The summed E-state index contributed by atoms with van der Waals surface area (Å²) < 4.78 is 0. The Morgan fingerprint density at radius 2 is 2.00 bits per heavy atom. The van der Waals surface area contributed by atoms with Gasteiger partial charge in [-0.1, -0.05) is 32.9 Å². The van der Waals surface area contributed by atoms with Crippen molar-refractivity contribution in [2.75, 3.05) is 0 Å². The van der Waals surface area contributed by atoms with E-state index in [0.29, 0.717) is 12.0 Å². The lowest BCUT2D eigenvalue weighted by Gasteiger charge is -2.13. The third-order valence-corrected chi connectivity index (χ3v) is 1.82. The van der Waals surface area contributed by atoms with Crippen LogP contribution in [0.4, 0.5) is 0 Å². The van der Waals surface area contributed by atoms with Gasteiger partial charge in [0.25, 0.3) is 0 Å². The Kier molecular flexibility index (Phi) is 5.32. The first-order valence-electron chi connectivity index (χ1n) is 4.14. The topological polar surface area (TPSA) is 26.0 Å². The summed E-state index contributed by atoms with van der Waals surface area (Å²) in [4.78, 5) is 0. The highest BCUT2D eigenvalue weighted by Crippen LogP contribution is 2.05. The zero-order valence-corrected chi connectivity index (χ0v) is 7.30. The molecule has 0 aromatic heterocycles. The van der Waals surface area contributed by atoms with Crippen molar-refractivity contribution < 1.29 is 0 Å². The molecule has 0 saturated heterocycles. The van der Waals surface area contributed by atoms with Gasteiger partial charge in [-0.2, -0.15) is 0 Å². The number of rotatable bonds is 4. The fraction of sp³-hybridized carbons (Fsp3) is 0.778. The molecule has 0 spiro atoms. The van der Waals surface area contributed by atoms with Gasteiger partial charge in [-0.3, -0.25) is 0 Å². The van der Waals surface area contributed by atoms with Gasteiger partial charge in [0.2, 0.25) is 0 Å². The summed E-state index contributed by atoms with van der Waals surface area (Å²) in [6.07, 6.45) is 6.56. The first-order valence-corrected chi connectivity index (χ1v) is 4.14. The molecule has 0 aliphatic rings. The third-order valence-electron chi connectivity index (χ3n) is 1.82. The second-order valence-electron chi connectivity index (χ2n) is 2.77. The van der Waals surface area contributed by atoms with E-state index in [2.05, 4.69) is 32.9 Å². The Balaban J connectivity index is 3.60. The molecule has 0 radical (unpaired) electrons. The second-order valence-corrected chi connectivity index (χ2v) is 2.77. The summed E-state index contributed by atoms with van der Waals surface area (Å²) in [7, 11) is 0. The lowest BCUT2D eigenvalue weighted by Crippen LogP contribution is -2.25. The molecule has 2 N–H and O–H groups in total. The predicted octanol–water partition coefficient (Wildman–Crippen LogP) is 2.33. The average molecular weight is 141 g/mol. The van der Waals surface area contributed by atoms with Gasteiger partial charge < -0.3 is 5.73 Å². The third kappa shape index (κ3) is 3.67. The van der Waals surface area contributed by atoms with Crippen LogP contribution in [0.3, 0.4) is 0 Å². The molecule has 0 amide bonds. The van der Waals surface area contributed by atoms with Crippen molar-refractivity contribution >= 4 is 0 Å². The summed E-state index contributed by atoms with van der Waals surface area (Å²) in [6, 6.07) is 0.336. The molecule has 0 heterocycles. The van der Waals surface area contributed by atoms with Crippen molar-refractivity contribution in [3.63, 3.8) is 0 Å². The standard InChI is InChI=1S/C9H19N/c1-4-6-7-8(3)9(10)5-2/h6-9H,4-5,10H2,1-3H3/b7-6-. The van der Waals surface area contributed by atoms with E-state index in [9.17, 15) is 0 Å². The summed E-state index contributed by atoms with van der Waals surface area (Å²) >= 11 is 0. The van der Waals surface area contributed by atoms with Gasteiger partial charge in [0, 0.05) is 6.04 Å². The first kappa shape index (κ1) is 9.70. The Morgan fingerprint density at radius 3 is 2.40 bits per heavy atom. The van der Waals surface area contributed by atoms with E-state index in [0.717, 1.165) is 12.8 Å². The van der Waals surface area contributed by atoms with Gasteiger partial charge in [0.15, 0.2) is 0 Å². The molecular formula is C9H19N. The predicted molar refractivity (Wildman–Crippen MR) is 46.9 cm³/mol. The highest BCUT2D eigenvalue weighted by molar-refractivity contribution is 4.89. The van der Waals surface area contributed by atoms with Gasteiger partial charge in [-0.15, -0.1) is 0 Å². The molecule has 2 atom stereocenters. The van der Waals surface area contributed by atoms with E-state index in [1.165, 1.54) is 0 Å². The van der Waals surface area contributed by atoms with Crippen molar-refractivity contribution in [2.45, 2.75) is 39.7 Å². The zero-order valence-electron chi connectivity index (χ0n) is 7.30. The normalized spacial score (nSPS) is 17.6. The maximum atomic E-state index is 5.81. The minimum absolute atomic E-state index is 0.336. The van der Waals surface area contributed by atoms with Crippen LogP contribution in [0.15, 0.2) is 12.2 Å². The fourth-order valence-electron chi connectivity index (χ4n) is 0.865. The maximum absolute atomic E-state index is 5.81. The van der Waals surface area contributed by atoms with E-state index in [-0.39, 0.29) is 0 Å². The lowest BCUT2D eigenvalue weighted by atomic mass is 10.00. The minimum atomic E-state index is 0.336. The SMILES string of the molecule is CC/C=C\C(C)C(N)CC. The Bertz CT molecular complexity index is 96.9. The average Bonchev–Trinajstić information content (AvgIpc) is 1.98. The lowest BCUT2D eigenvalue weighted by molar-refractivity contribution is 0.523. The van der Waals surface area contributed by atoms with Crippen LogP contribution >= 0.6 is 0 Å². The number of nitrogens with two attached hydrogens (primary N) is 1. The van der Waals surface area contributed by atoms with Crippen LogP contribution < -0.4 is 5.73 Å². The van der Waals surface area contributed by atoms with E-state index >= 15 is 0 Å². The van der Waals surface area contributed by atoms with Crippen LogP contribution in [-0.4, -0.2) is 6.04 Å². The van der Waals surface area contributed by atoms with Crippen molar-refractivity contribution in [1.29, 1.82) is 0 Å². The van der Waals surface area contributed by atoms with E-state index < -0.39 is 0 Å². The molecule has 2 unspecified atom stereocenters. The molecule has 60 valence electrons. The van der Waals surface area contributed by atoms with Crippen LogP contribution in [-0.2, 0) is 0 Å². The van der Waals surface area contributed by atoms with Gasteiger partial charge in [-0.05, 0) is 18.8 Å². The van der Waals surface area contributed by atoms with Crippen LogP contribution in [0.1, 0.15) is 33.6 Å². The highest BCUT2D eigenvalue weighted by Gasteiger charge is 2.04. The Labute approximate surface area is 64.3 Å². The quantitative estimate of drug-likeness (QED) is 0.597. The van der Waals surface area contributed by atoms with Crippen molar-refractivity contribution in [3.8, 4) is 0 Å². The summed E-state index contributed by atoms with van der Waals surface area (Å²) in [6.45, 7) is 6.43. The zero-order chi connectivity index (χ0) is 7.98. The second kappa shape index (κ2) is 5.48. The van der Waals surface area contributed by atoms with Crippen LogP contribution in [0, 0.1) is 5.92 Å². The molecule has 10 heavy (non-hydrogen) atoms. The molecule has 1 heteroatoms. The molecule has 1 nitrogen and oxygen atoms in total. The summed E-state index contributed by atoms with van der Waals surface area (Å²) in [5.74, 6) is 0.532. The van der Waals surface area contributed by atoms with Crippen LogP contribution in [0.5, 0.6) is 0 Å². The van der Waals surface area contributed by atoms with Crippen molar-refractivity contribution in [1.82, 2.24) is 0 Å². The molecule has 0 aromatic rings. The summed E-state index contributed by atoms with van der Waals surface area (Å²) in [5, 5.41) is 0. The number of hydrogen-bond donors (Lipinski definition) is 1. The van der Waals surface area contributed by atoms with Gasteiger partial charge >= 0.3 is 0 Å². The fourth-order valence-corrected chi connectivity index (χ4v) is 0.865. The molecule has 0 fully saturated rings. The molecule has 0 aliphatic carbocycles. The monoisotopic (exact) mass is 141 g/mol. The molecular weight excluding hydrogens is 122 g/mol. The molecule has 0 aromatic carbocycles. The van der Waals surface area contributed by atoms with Gasteiger partial charge in [0.1, 0.15) is 0 Å².